The Balaban J connectivity index is 2.04. The first-order valence-electron chi connectivity index (χ1n) is 8.80. The second kappa shape index (κ2) is 10.4. The number of benzene rings is 2. The third kappa shape index (κ3) is 6.01. The normalized spacial score (nSPS) is 11.6. The minimum Gasteiger partial charge on any atom is -0.383 e. The predicted molar refractivity (Wildman–Crippen MR) is 103 cm³/mol. The zero-order chi connectivity index (χ0) is 18.8. The van der Waals surface area contributed by atoms with E-state index in [1.807, 2.05) is 67.6 Å². The molecule has 0 aromatic heterocycles. The Morgan fingerprint density at radius 1 is 0.962 bits per heavy atom. The predicted octanol–water partition coefficient (Wildman–Crippen LogP) is 3.53. The van der Waals surface area contributed by atoms with Crippen LogP contribution in [0.4, 0.5) is 11.4 Å². The molecule has 0 aliphatic heterocycles. The highest BCUT2D eigenvalue weighted by molar-refractivity contribution is 6.00. The van der Waals surface area contributed by atoms with Crippen LogP contribution >= 0.6 is 0 Å². The average Bonchev–Trinajstić information content (AvgIpc) is 2.63. The van der Waals surface area contributed by atoms with Crippen LogP contribution in [0.15, 0.2) is 60.7 Å². The fourth-order valence-corrected chi connectivity index (χ4v) is 2.73. The van der Waals surface area contributed by atoms with Gasteiger partial charge in [-0.25, -0.2) is 0 Å². The van der Waals surface area contributed by atoms with Gasteiger partial charge in [0.25, 0.3) is 0 Å². The molecule has 1 atom stereocenters. The van der Waals surface area contributed by atoms with Gasteiger partial charge >= 0.3 is 0 Å². The second-order valence-corrected chi connectivity index (χ2v) is 6.26. The van der Waals surface area contributed by atoms with Gasteiger partial charge in [0.2, 0.25) is 11.8 Å². The smallest absolute Gasteiger partial charge is 0.231 e. The standard InChI is InChI=1S/C21H26N2O3/c1-17(15-20(24)22-13-14-26-2)16-21(25)23(18-9-5-3-6-10-18)19-11-7-4-8-12-19/h3-12,17H,13-16H2,1-2H3,(H,22,24). The number of para-hydroxylation sites is 2. The fourth-order valence-electron chi connectivity index (χ4n) is 2.73. The van der Waals surface area contributed by atoms with Crippen molar-refractivity contribution in [1.29, 1.82) is 0 Å². The van der Waals surface area contributed by atoms with Crippen LogP contribution in [0.3, 0.4) is 0 Å². The zero-order valence-electron chi connectivity index (χ0n) is 15.4. The van der Waals surface area contributed by atoms with Crippen molar-refractivity contribution in [3.63, 3.8) is 0 Å². The Morgan fingerprint density at radius 3 is 2.00 bits per heavy atom. The Kier molecular flexibility index (Phi) is 7.83. The van der Waals surface area contributed by atoms with Crippen LogP contribution in [0.5, 0.6) is 0 Å². The lowest BCUT2D eigenvalue weighted by molar-refractivity contribution is -0.122. The lowest BCUT2D eigenvalue weighted by Crippen LogP contribution is -2.31. The molecule has 5 heteroatoms. The largest absolute Gasteiger partial charge is 0.383 e. The highest BCUT2D eigenvalue weighted by Gasteiger charge is 2.21. The van der Waals surface area contributed by atoms with Crippen LogP contribution in [0.1, 0.15) is 19.8 Å². The van der Waals surface area contributed by atoms with E-state index in [1.54, 1.807) is 12.0 Å². The first-order valence-corrected chi connectivity index (χ1v) is 8.80. The Hall–Kier alpha value is -2.66. The Morgan fingerprint density at radius 2 is 1.50 bits per heavy atom. The number of carbonyl (C=O) groups excluding carboxylic acids is 2. The molecule has 2 amide bonds. The van der Waals surface area contributed by atoms with Crippen molar-refractivity contribution in [1.82, 2.24) is 5.32 Å². The molecule has 5 nitrogen and oxygen atoms in total. The van der Waals surface area contributed by atoms with Gasteiger partial charge in [-0.05, 0) is 30.2 Å². The van der Waals surface area contributed by atoms with E-state index in [2.05, 4.69) is 5.32 Å². The number of rotatable bonds is 9. The fraction of sp³-hybridized carbons (Fsp3) is 0.333. The number of carbonyl (C=O) groups is 2. The zero-order valence-corrected chi connectivity index (χ0v) is 15.4. The molecule has 26 heavy (non-hydrogen) atoms. The van der Waals surface area contributed by atoms with Gasteiger partial charge in [-0.1, -0.05) is 43.3 Å². The number of anilines is 2. The first kappa shape index (κ1) is 19.7. The van der Waals surface area contributed by atoms with E-state index in [-0.39, 0.29) is 17.7 Å². The van der Waals surface area contributed by atoms with Gasteiger partial charge in [0.15, 0.2) is 0 Å². The van der Waals surface area contributed by atoms with Gasteiger partial charge in [-0.3, -0.25) is 14.5 Å². The Bertz CT molecular complexity index is 649. The highest BCUT2D eigenvalue weighted by atomic mass is 16.5. The number of methoxy groups -OCH3 is 1. The number of nitrogens with one attached hydrogen (secondary N) is 1. The highest BCUT2D eigenvalue weighted by Crippen LogP contribution is 2.27. The molecule has 0 radical (unpaired) electrons. The molecule has 1 N–H and O–H groups in total. The molecule has 0 bridgehead atoms. The number of nitrogens with zero attached hydrogens (tertiary/aromatic N) is 1. The molecule has 0 aliphatic carbocycles. The summed E-state index contributed by atoms with van der Waals surface area (Å²) in [7, 11) is 1.59. The van der Waals surface area contributed by atoms with Crippen LogP contribution in [0, 0.1) is 5.92 Å². The quantitative estimate of drug-likeness (QED) is 0.701. The molecular weight excluding hydrogens is 328 g/mol. The van der Waals surface area contributed by atoms with E-state index in [0.29, 0.717) is 26.0 Å². The molecular formula is C21H26N2O3. The van der Waals surface area contributed by atoms with Crippen molar-refractivity contribution in [2.75, 3.05) is 25.2 Å². The minimum atomic E-state index is -0.0617. The van der Waals surface area contributed by atoms with Gasteiger partial charge in [0.05, 0.1) is 6.61 Å². The van der Waals surface area contributed by atoms with E-state index in [4.69, 9.17) is 4.74 Å². The summed E-state index contributed by atoms with van der Waals surface area (Å²) < 4.78 is 4.92. The topological polar surface area (TPSA) is 58.6 Å². The molecule has 2 aromatic rings. The Labute approximate surface area is 155 Å². The summed E-state index contributed by atoms with van der Waals surface area (Å²) in [6, 6.07) is 19.1. The van der Waals surface area contributed by atoms with Crippen molar-refractivity contribution >= 4 is 23.2 Å². The van der Waals surface area contributed by atoms with Crippen molar-refractivity contribution in [3.8, 4) is 0 Å². The molecule has 0 fully saturated rings. The van der Waals surface area contributed by atoms with E-state index >= 15 is 0 Å². The van der Waals surface area contributed by atoms with Crippen LogP contribution in [0.2, 0.25) is 0 Å². The third-order valence-corrected chi connectivity index (χ3v) is 3.96. The second-order valence-electron chi connectivity index (χ2n) is 6.26. The van der Waals surface area contributed by atoms with Crippen molar-refractivity contribution in [3.05, 3.63) is 60.7 Å². The van der Waals surface area contributed by atoms with Crippen LogP contribution in [-0.4, -0.2) is 32.1 Å². The molecule has 2 aromatic carbocycles. The molecule has 0 aliphatic rings. The van der Waals surface area contributed by atoms with E-state index in [9.17, 15) is 9.59 Å². The average molecular weight is 354 g/mol. The van der Waals surface area contributed by atoms with Crippen LogP contribution in [-0.2, 0) is 14.3 Å². The SMILES string of the molecule is COCCNC(=O)CC(C)CC(=O)N(c1ccccc1)c1ccccc1. The van der Waals surface area contributed by atoms with Crippen molar-refractivity contribution in [2.45, 2.75) is 19.8 Å². The summed E-state index contributed by atoms with van der Waals surface area (Å²) in [4.78, 5) is 26.6. The maximum Gasteiger partial charge on any atom is 0.231 e. The monoisotopic (exact) mass is 354 g/mol. The molecule has 2 rings (SSSR count). The lowest BCUT2D eigenvalue weighted by atomic mass is 10.0. The summed E-state index contributed by atoms with van der Waals surface area (Å²) in [5.41, 5.74) is 1.64. The van der Waals surface area contributed by atoms with Crippen molar-refractivity contribution in [2.24, 2.45) is 5.92 Å². The van der Waals surface area contributed by atoms with Gasteiger partial charge in [-0.15, -0.1) is 0 Å². The molecule has 0 saturated heterocycles. The summed E-state index contributed by atoms with van der Waals surface area (Å²) in [6.45, 7) is 2.88. The molecule has 0 saturated carbocycles. The van der Waals surface area contributed by atoms with E-state index < -0.39 is 0 Å². The number of amides is 2. The van der Waals surface area contributed by atoms with E-state index in [0.717, 1.165) is 11.4 Å². The molecule has 0 spiro atoms. The molecule has 138 valence electrons. The van der Waals surface area contributed by atoms with Crippen molar-refractivity contribution < 1.29 is 14.3 Å². The molecule has 0 heterocycles. The van der Waals surface area contributed by atoms with E-state index in [1.165, 1.54) is 0 Å². The first-order chi connectivity index (χ1) is 12.6. The van der Waals surface area contributed by atoms with Gasteiger partial charge < -0.3 is 10.1 Å². The number of hydrogen-bond acceptors (Lipinski definition) is 3. The summed E-state index contributed by atoms with van der Waals surface area (Å²) in [5.74, 6) is -0.145. The molecule has 1 unspecified atom stereocenters. The lowest BCUT2D eigenvalue weighted by Gasteiger charge is -2.24. The van der Waals surface area contributed by atoms with Crippen LogP contribution in [0.25, 0.3) is 0 Å². The maximum absolute atomic E-state index is 13.0. The number of hydrogen-bond donors (Lipinski definition) is 1. The van der Waals surface area contributed by atoms with Gasteiger partial charge in [0.1, 0.15) is 0 Å². The summed E-state index contributed by atoms with van der Waals surface area (Å²) >= 11 is 0. The summed E-state index contributed by atoms with van der Waals surface area (Å²) in [6.07, 6.45) is 0.606. The number of ether oxygens (including phenoxy) is 1. The maximum atomic E-state index is 13.0. The van der Waals surface area contributed by atoms with Crippen LogP contribution < -0.4 is 10.2 Å². The summed E-state index contributed by atoms with van der Waals surface area (Å²) in [5, 5.41) is 2.79. The minimum absolute atomic E-state index is 0.0282. The van der Waals surface area contributed by atoms with Gasteiger partial charge in [0, 0.05) is 37.9 Å². The third-order valence-electron chi connectivity index (χ3n) is 3.96. The van der Waals surface area contributed by atoms with Gasteiger partial charge in [-0.2, -0.15) is 0 Å².